The summed E-state index contributed by atoms with van der Waals surface area (Å²) in [6.07, 6.45) is 0.803. The maximum absolute atomic E-state index is 13.2. The number of hydrogen-bond donors (Lipinski definition) is 3. The predicted molar refractivity (Wildman–Crippen MR) is 107 cm³/mol. The second kappa shape index (κ2) is 7.24. The van der Waals surface area contributed by atoms with Crippen LogP contribution in [0.3, 0.4) is 0 Å². The van der Waals surface area contributed by atoms with Gasteiger partial charge >= 0.3 is 0 Å². The van der Waals surface area contributed by atoms with Crippen LogP contribution in [0.15, 0.2) is 66.2 Å². The van der Waals surface area contributed by atoms with Gasteiger partial charge < -0.3 is 24.8 Å². The first-order chi connectivity index (χ1) is 14.0. The summed E-state index contributed by atoms with van der Waals surface area (Å²) in [6.45, 7) is 0. The number of ketones is 1. The first-order valence-corrected chi connectivity index (χ1v) is 8.88. The first-order valence-electron chi connectivity index (χ1n) is 8.88. The van der Waals surface area contributed by atoms with Crippen molar-refractivity contribution in [3.8, 4) is 28.7 Å². The molecule has 6 nitrogen and oxygen atoms in total. The molecule has 0 aromatic heterocycles. The zero-order valence-corrected chi connectivity index (χ0v) is 15.5. The Hall–Kier alpha value is -3.93. The van der Waals surface area contributed by atoms with E-state index in [9.17, 15) is 20.1 Å². The van der Waals surface area contributed by atoms with Crippen LogP contribution in [0.2, 0.25) is 0 Å². The average Bonchev–Trinajstić information content (AvgIpc) is 2.72. The van der Waals surface area contributed by atoms with Crippen LogP contribution in [0.5, 0.6) is 28.7 Å². The van der Waals surface area contributed by atoms with E-state index < -0.39 is 6.10 Å². The summed E-state index contributed by atoms with van der Waals surface area (Å²) in [5.74, 6) is 0.410. The Bertz CT molecular complexity index is 1110. The fourth-order valence-electron chi connectivity index (χ4n) is 3.25. The molecular weight excluding hydrogens is 372 g/mol. The lowest BCUT2D eigenvalue weighted by Gasteiger charge is -2.28. The predicted octanol–water partition coefficient (Wildman–Crippen LogP) is 4.21. The van der Waals surface area contributed by atoms with Crippen molar-refractivity contribution < 1.29 is 29.6 Å². The van der Waals surface area contributed by atoms with Crippen LogP contribution >= 0.6 is 0 Å². The van der Waals surface area contributed by atoms with Gasteiger partial charge in [0.05, 0.1) is 12.7 Å². The summed E-state index contributed by atoms with van der Waals surface area (Å²) >= 11 is 0. The SMILES string of the molecule is COc1ccc(C2Oc3ccc(O)cc3C(=O)/C2=C/c2ccc(O)cc2O)cc1. The maximum atomic E-state index is 13.2. The van der Waals surface area contributed by atoms with Crippen molar-refractivity contribution in [2.45, 2.75) is 6.10 Å². The zero-order chi connectivity index (χ0) is 20.5. The fourth-order valence-corrected chi connectivity index (χ4v) is 3.25. The lowest BCUT2D eigenvalue weighted by Crippen LogP contribution is -2.23. The van der Waals surface area contributed by atoms with E-state index in [1.807, 2.05) is 0 Å². The molecule has 146 valence electrons. The topological polar surface area (TPSA) is 96.2 Å². The number of hydrogen-bond acceptors (Lipinski definition) is 6. The van der Waals surface area contributed by atoms with Gasteiger partial charge in [-0.3, -0.25) is 4.79 Å². The van der Waals surface area contributed by atoms with E-state index in [4.69, 9.17) is 9.47 Å². The number of methoxy groups -OCH3 is 1. The quantitative estimate of drug-likeness (QED) is 0.580. The Morgan fingerprint density at radius 2 is 1.62 bits per heavy atom. The fraction of sp³-hybridized carbons (Fsp3) is 0.0870. The third kappa shape index (κ3) is 3.48. The molecule has 0 spiro atoms. The van der Waals surface area contributed by atoms with E-state index in [1.54, 1.807) is 37.4 Å². The van der Waals surface area contributed by atoms with E-state index in [-0.39, 0.29) is 34.2 Å². The van der Waals surface area contributed by atoms with Crippen LogP contribution in [0, 0.1) is 0 Å². The van der Waals surface area contributed by atoms with Crippen LogP contribution < -0.4 is 9.47 Å². The Morgan fingerprint density at radius 3 is 2.31 bits per heavy atom. The highest BCUT2D eigenvalue weighted by molar-refractivity contribution is 6.15. The van der Waals surface area contributed by atoms with Gasteiger partial charge in [-0.15, -0.1) is 0 Å². The highest BCUT2D eigenvalue weighted by atomic mass is 16.5. The third-order valence-electron chi connectivity index (χ3n) is 4.74. The molecule has 0 bridgehead atoms. The van der Waals surface area contributed by atoms with Crippen molar-refractivity contribution in [1.82, 2.24) is 0 Å². The molecule has 1 atom stereocenters. The van der Waals surface area contributed by atoms with Gasteiger partial charge in [-0.25, -0.2) is 0 Å². The molecule has 3 aromatic rings. The standard InChI is InChI=1S/C23H18O6/c1-28-17-7-3-13(4-8-17)23-19(10-14-2-5-16(25)12-20(14)26)22(27)18-11-15(24)6-9-21(18)29-23/h2-12,23-26H,1H3/b19-10-. The van der Waals surface area contributed by atoms with Gasteiger partial charge in [-0.05, 0) is 54.1 Å². The van der Waals surface area contributed by atoms with Crippen LogP contribution in [0.1, 0.15) is 27.6 Å². The minimum Gasteiger partial charge on any atom is -0.508 e. The Morgan fingerprint density at radius 1 is 0.931 bits per heavy atom. The number of fused-ring (bicyclic) bond motifs is 1. The second-order valence-electron chi connectivity index (χ2n) is 6.62. The Kier molecular flexibility index (Phi) is 4.60. The van der Waals surface area contributed by atoms with Crippen LogP contribution in [-0.4, -0.2) is 28.2 Å². The molecule has 3 aromatic carbocycles. The molecule has 0 aliphatic carbocycles. The lowest BCUT2D eigenvalue weighted by atomic mass is 9.89. The average molecular weight is 390 g/mol. The second-order valence-corrected chi connectivity index (χ2v) is 6.62. The molecule has 1 aliphatic heterocycles. The summed E-state index contributed by atoms with van der Waals surface area (Å²) in [7, 11) is 1.57. The van der Waals surface area contributed by atoms with Gasteiger partial charge in [0, 0.05) is 17.2 Å². The lowest BCUT2D eigenvalue weighted by molar-refractivity contribution is 0.0963. The van der Waals surface area contributed by atoms with Gasteiger partial charge in [0.1, 0.15) is 28.7 Å². The van der Waals surface area contributed by atoms with Gasteiger partial charge in [0.2, 0.25) is 0 Å². The molecule has 6 heteroatoms. The molecule has 0 radical (unpaired) electrons. The van der Waals surface area contributed by atoms with Crippen LogP contribution in [0.4, 0.5) is 0 Å². The number of carbonyl (C=O) groups excluding carboxylic acids is 1. The Balaban J connectivity index is 1.86. The van der Waals surface area contributed by atoms with Crippen molar-refractivity contribution in [1.29, 1.82) is 0 Å². The number of Topliss-reactive ketones (excluding diaryl/α,β-unsaturated/α-hetero) is 1. The molecule has 3 N–H and O–H groups in total. The number of ether oxygens (including phenoxy) is 2. The Labute approximate surface area is 166 Å². The summed E-state index contributed by atoms with van der Waals surface area (Å²) in [5, 5.41) is 29.5. The minimum absolute atomic E-state index is 0.0459. The molecule has 4 rings (SSSR count). The molecule has 0 saturated carbocycles. The molecular formula is C23H18O6. The number of phenols is 3. The monoisotopic (exact) mass is 390 g/mol. The normalized spacial score (nSPS) is 16.9. The molecule has 1 heterocycles. The summed E-state index contributed by atoms with van der Waals surface area (Å²) < 4.78 is 11.3. The third-order valence-corrected chi connectivity index (χ3v) is 4.74. The van der Waals surface area contributed by atoms with E-state index >= 15 is 0 Å². The summed E-state index contributed by atoms with van der Waals surface area (Å²) in [4.78, 5) is 13.2. The van der Waals surface area contributed by atoms with Crippen molar-refractivity contribution in [2.24, 2.45) is 0 Å². The molecule has 29 heavy (non-hydrogen) atoms. The van der Waals surface area contributed by atoms with Crippen LogP contribution in [-0.2, 0) is 0 Å². The number of phenolic OH excluding ortho intramolecular Hbond substituents is 3. The smallest absolute Gasteiger partial charge is 0.196 e. The largest absolute Gasteiger partial charge is 0.508 e. The minimum atomic E-state index is -0.723. The van der Waals surface area contributed by atoms with Crippen molar-refractivity contribution in [3.63, 3.8) is 0 Å². The van der Waals surface area contributed by atoms with Gasteiger partial charge in [-0.2, -0.15) is 0 Å². The van der Waals surface area contributed by atoms with E-state index in [0.717, 1.165) is 5.56 Å². The van der Waals surface area contributed by atoms with Crippen molar-refractivity contribution >= 4 is 11.9 Å². The van der Waals surface area contributed by atoms with Gasteiger partial charge in [-0.1, -0.05) is 12.1 Å². The molecule has 0 amide bonds. The number of aromatic hydroxyl groups is 3. The van der Waals surface area contributed by atoms with Crippen molar-refractivity contribution in [2.75, 3.05) is 7.11 Å². The van der Waals surface area contributed by atoms with E-state index in [1.165, 1.54) is 36.4 Å². The maximum Gasteiger partial charge on any atom is 0.196 e. The highest BCUT2D eigenvalue weighted by Gasteiger charge is 2.33. The number of carbonyl (C=O) groups is 1. The number of rotatable bonds is 3. The van der Waals surface area contributed by atoms with E-state index in [2.05, 4.69) is 0 Å². The highest BCUT2D eigenvalue weighted by Crippen LogP contribution is 2.41. The van der Waals surface area contributed by atoms with Crippen LogP contribution in [0.25, 0.3) is 6.08 Å². The molecule has 1 unspecified atom stereocenters. The zero-order valence-electron chi connectivity index (χ0n) is 15.5. The summed E-state index contributed by atoms with van der Waals surface area (Å²) in [6, 6.07) is 15.6. The number of benzene rings is 3. The molecule has 1 aliphatic rings. The molecule has 0 saturated heterocycles. The first kappa shape index (κ1) is 18.4. The van der Waals surface area contributed by atoms with Gasteiger partial charge in [0.15, 0.2) is 11.9 Å². The van der Waals surface area contributed by atoms with Gasteiger partial charge in [0.25, 0.3) is 0 Å². The molecule has 0 fully saturated rings. The van der Waals surface area contributed by atoms with Crippen molar-refractivity contribution in [3.05, 3.63) is 82.9 Å². The summed E-state index contributed by atoms with van der Waals surface area (Å²) in [5.41, 5.74) is 1.60. The van der Waals surface area contributed by atoms with E-state index in [0.29, 0.717) is 17.1 Å².